The molecule has 1 heteroatoms. The van der Waals surface area contributed by atoms with Gasteiger partial charge in [-0.15, -0.1) is 0 Å². The van der Waals surface area contributed by atoms with Crippen LogP contribution in [0.15, 0.2) is 34.8 Å². The molecule has 0 N–H and O–H groups in total. The van der Waals surface area contributed by atoms with Gasteiger partial charge in [0.05, 0.1) is 0 Å². The number of halogens is 1. The molecule has 0 radical (unpaired) electrons. The summed E-state index contributed by atoms with van der Waals surface area (Å²) in [7, 11) is 0. The number of hydrogen-bond acceptors (Lipinski definition) is 0. The second-order valence-electron chi connectivity index (χ2n) is 3.21. The highest BCUT2D eigenvalue weighted by Gasteiger charge is 2.23. The zero-order valence-corrected chi connectivity index (χ0v) is 8.42. The van der Waals surface area contributed by atoms with Crippen LogP contribution in [0.3, 0.4) is 0 Å². The largest absolute Gasteiger partial charge is 0.0622 e. The maximum atomic E-state index is 3.60. The maximum Gasteiger partial charge on any atom is -0.00124 e. The van der Waals surface area contributed by atoms with Gasteiger partial charge in [-0.05, 0) is 34.9 Å². The zero-order chi connectivity index (χ0) is 8.39. The average Bonchev–Trinajstić information content (AvgIpc) is 2.88. The monoisotopic (exact) mass is 222 g/mol. The smallest absolute Gasteiger partial charge is 0.00124 e. The third kappa shape index (κ3) is 1.98. The normalized spacial score (nSPS) is 17.9. The van der Waals surface area contributed by atoms with E-state index in [-0.39, 0.29) is 0 Å². The lowest BCUT2D eigenvalue weighted by atomic mass is 10.2. The molecule has 1 aromatic rings. The van der Waals surface area contributed by atoms with Gasteiger partial charge in [0.25, 0.3) is 0 Å². The Kier molecular flexibility index (Phi) is 2.31. The Morgan fingerprint density at radius 1 is 1.25 bits per heavy atom. The summed E-state index contributed by atoms with van der Waals surface area (Å²) in [4.78, 5) is 0. The number of hydrogen-bond donors (Lipinski definition) is 0. The molecule has 1 fully saturated rings. The molecule has 0 spiro atoms. The molecule has 1 saturated carbocycles. The summed E-state index contributed by atoms with van der Waals surface area (Å²) in [6.45, 7) is 0. The van der Waals surface area contributed by atoms with Crippen LogP contribution in [-0.4, -0.2) is 0 Å². The van der Waals surface area contributed by atoms with Gasteiger partial charge in [-0.3, -0.25) is 0 Å². The highest BCUT2D eigenvalue weighted by molar-refractivity contribution is 9.11. The summed E-state index contributed by atoms with van der Waals surface area (Å²) in [5.74, 6) is 0.810. The first-order valence-electron chi connectivity index (χ1n) is 4.28. The van der Waals surface area contributed by atoms with Gasteiger partial charge in [-0.2, -0.15) is 0 Å². The summed E-state index contributed by atoms with van der Waals surface area (Å²) >= 11 is 3.60. The minimum absolute atomic E-state index is 0.810. The van der Waals surface area contributed by atoms with E-state index in [2.05, 4.69) is 46.3 Å². The van der Waals surface area contributed by atoms with Crippen molar-refractivity contribution < 1.29 is 0 Å². The Morgan fingerprint density at radius 2 is 1.92 bits per heavy atom. The van der Waals surface area contributed by atoms with Crippen molar-refractivity contribution in [3.05, 3.63) is 40.4 Å². The maximum absolute atomic E-state index is 3.60. The molecule has 0 aliphatic heterocycles. The molecule has 0 atom stereocenters. The molecule has 12 heavy (non-hydrogen) atoms. The van der Waals surface area contributed by atoms with Gasteiger partial charge in [-0.1, -0.05) is 46.3 Å². The third-order valence-corrected chi connectivity index (χ3v) is 2.95. The van der Waals surface area contributed by atoms with Crippen molar-refractivity contribution in [2.24, 2.45) is 5.92 Å². The fourth-order valence-electron chi connectivity index (χ4n) is 1.19. The van der Waals surface area contributed by atoms with Crippen molar-refractivity contribution in [3.8, 4) is 0 Å². The molecule has 1 aliphatic rings. The first-order chi connectivity index (χ1) is 5.86. The first kappa shape index (κ1) is 8.06. The second kappa shape index (κ2) is 3.44. The number of allylic oxidation sites excluding steroid dienone is 1. The predicted molar refractivity (Wildman–Crippen MR) is 56.1 cm³/mol. The van der Waals surface area contributed by atoms with Gasteiger partial charge >= 0.3 is 0 Å². The van der Waals surface area contributed by atoms with Crippen molar-refractivity contribution in [2.75, 3.05) is 0 Å². The first-order valence-corrected chi connectivity index (χ1v) is 5.08. The van der Waals surface area contributed by atoms with E-state index < -0.39 is 0 Å². The molecule has 0 nitrogen and oxygen atoms in total. The molecule has 0 bridgehead atoms. The number of benzene rings is 1. The summed E-state index contributed by atoms with van der Waals surface area (Å²) in [5.41, 5.74) is 1.29. The molecular weight excluding hydrogens is 212 g/mol. The van der Waals surface area contributed by atoms with Crippen molar-refractivity contribution in [1.82, 2.24) is 0 Å². The Bertz CT molecular complexity index is 283. The standard InChI is InChI=1S/C11H11Br/c12-11(10-6-7-10)8-9-4-2-1-3-5-9/h1-5,8,10H,6-7H2/b11-8+. The fraction of sp³-hybridized carbons (Fsp3) is 0.273. The van der Waals surface area contributed by atoms with Crippen LogP contribution in [0.2, 0.25) is 0 Å². The summed E-state index contributed by atoms with van der Waals surface area (Å²) in [5, 5.41) is 0. The summed E-state index contributed by atoms with van der Waals surface area (Å²) in [6.07, 6.45) is 4.92. The van der Waals surface area contributed by atoms with Gasteiger partial charge in [0.1, 0.15) is 0 Å². The van der Waals surface area contributed by atoms with Gasteiger partial charge in [0.15, 0.2) is 0 Å². The van der Waals surface area contributed by atoms with Gasteiger partial charge in [0.2, 0.25) is 0 Å². The van der Waals surface area contributed by atoms with Crippen molar-refractivity contribution in [3.63, 3.8) is 0 Å². The SMILES string of the molecule is Br/C(=C/c1ccccc1)C1CC1. The Balaban J connectivity index is 2.15. The van der Waals surface area contributed by atoms with Crippen LogP contribution in [0, 0.1) is 5.92 Å². The average molecular weight is 223 g/mol. The molecule has 0 amide bonds. The van der Waals surface area contributed by atoms with Crippen molar-refractivity contribution in [2.45, 2.75) is 12.8 Å². The molecular formula is C11H11Br. The molecule has 0 aromatic heterocycles. The van der Waals surface area contributed by atoms with Crippen LogP contribution in [0.5, 0.6) is 0 Å². The van der Waals surface area contributed by atoms with E-state index in [4.69, 9.17) is 0 Å². The van der Waals surface area contributed by atoms with Crippen LogP contribution in [0.1, 0.15) is 18.4 Å². The van der Waals surface area contributed by atoms with Crippen molar-refractivity contribution in [1.29, 1.82) is 0 Å². The molecule has 1 aromatic carbocycles. The van der Waals surface area contributed by atoms with Crippen LogP contribution < -0.4 is 0 Å². The fourth-order valence-corrected chi connectivity index (χ4v) is 1.91. The molecule has 0 unspecified atom stereocenters. The topological polar surface area (TPSA) is 0 Å². The predicted octanol–water partition coefficient (Wildman–Crippen LogP) is 3.83. The number of rotatable bonds is 2. The zero-order valence-electron chi connectivity index (χ0n) is 6.83. The van der Waals surface area contributed by atoms with Crippen LogP contribution >= 0.6 is 15.9 Å². The molecule has 0 heterocycles. The van der Waals surface area contributed by atoms with E-state index in [9.17, 15) is 0 Å². The van der Waals surface area contributed by atoms with E-state index in [1.807, 2.05) is 6.07 Å². The molecule has 2 rings (SSSR count). The van der Waals surface area contributed by atoms with E-state index in [0.717, 1.165) is 5.92 Å². The van der Waals surface area contributed by atoms with E-state index in [1.165, 1.54) is 22.9 Å². The summed E-state index contributed by atoms with van der Waals surface area (Å²) < 4.78 is 1.36. The Morgan fingerprint density at radius 3 is 2.50 bits per heavy atom. The van der Waals surface area contributed by atoms with Gasteiger partial charge < -0.3 is 0 Å². The Labute approximate surface area is 81.4 Å². The van der Waals surface area contributed by atoms with Crippen LogP contribution in [0.25, 0.3) is 6.08 Å². The van der Waals surface area contributed by atoms with E-state index in [0.29, 0.717) is 0 Å². The second-order valence-corrected chi connectivity index (χ2v) is 4.13. The molecule has 62 valence electrons. The third-order valence-electron chi connectivity index (χ3n) is 2.07. The Hall–Kier alpha value is -0.560. The molecule has 0 saturated heterocycles. The quantitative estimate of drug-likeness (QED) is 0.714. The van der Waals surface area contributed by atoms with Crippen LogP contribution in [0.4, 0.5) is 0 Å². The highest BCUT2D eigenvalue weighted by Crippen LogP contribution is 2.40. The van der Waals surface area contributed by atoms with Crippen molar-refractivity contribution >= 4 is 22.0 Å². The van der Waals surface area contributed by atoms with E-state index in [1.54, 1.807) is 0 Å². The lowest BCUT2D eigenvalue weighted by molar-refractivity contribution is 1.11. The van der Waals surface area contributed by atoms with Gasteiger partial charge in [-0.25, -0.2) is 0 Å². The lowest BCUT2D eigenvalue weighted by Gasteiger charge is -1.95. The minimum Gasteiger partial charge on any atom is -0.0622 e. The highest BCUT2D eigenvalue weighted by atomic mass is 79.9. The van der Waals surface area contributed by atoms with Crippen LogP contribution in [-0.2, 0) is 0 Å². The lowest BCUT2D eigenvalue weighted by Crippen LogP contribution is -1.74. The minimum atomic E-state index is 0.810. The van der Waals surface area contributed by atoms with E-state index >= 15 is 0 Å². The molecule has 1 aliphatic carbocycles. The summed E-state index contributed by atoms with van der Waals surface area (Å²) in [6, 6.07) is 10.4. The van der Waals surface area contributed by atoms with Gasteiger partial charge in [0, 0.05) is 0 Å².